The Bertz CT molecular complexity index is 2410. The highest BCUT2D eigenvalue weighted by molar-refractivity contribution is 6.11. The van der Waals surface area contributed by atoms with Crippen LogP contribution < -0.4 is 31.9 Å². The van der Waals surface area contributed by atoms with Gasteiger partial charge in [0, 0.05) is 120 Å². The van der Waals surface area contributed by atoms with Crippen molar-refractivity contribution in [2.45, 2.75) is 89.3 Å². The van der Waals surface area contributed by atoms with Gasteiger partial charge in [-0.05, 0) is 113 Å². The second kappa shape index (κ2) is 20.6. The monoisotopic (exact) mass is 913 g/mol. The number of aromatic nitrogens is 2. The van der Waals surface area contributed by atoms with Gasteiger partial charge in [-0.25, -0.2) is 13.6 Å². The Balaban J connectivity index is 0.818. The predicted molar refractivity (Wildman–Crippen MR) is 255 cm³/mol. The molecule has 0 radical (unpaired) electrons. The van der Waals surface area contributed by atoms with E-state index in [-0.39, 0.29) is 47.5 Å². The van der Waals surface area contributed by atoms with Crippen LogP contribution in [-0.2, 0) is 27.9 Å². The molecule has 3 unspecified atom stereocenters. The van der Waals surface area contributed by atoms with Crippen molar-refractivity contribution >= 4 is 57.8 Å². The number of fused-ring (bicyclic) bond motifs is 2. The van der Waals surface area contributed by atoms with Crippen LogP contribution in [0, 0.1) is 11.3 Å². The molecular weight excluding hydrogens is 847 g/mol. The Morgan fingerprint density at radius 3 is 2.35 bits per heavy atom. The average molecular weight is 913 g/mol. The van der Waals surface area contributed by atoms with Crippen molar-refractivity contribution in [2.75, 3.05) is 88.8 Å². The first-order chi connectivity index (χ1) is 31.9. The van der Waals surface area contributed by atoms with Crippen LogP contribution >= 0.6 is 0 Å². The molecule has 2 aromatic carbocycles. The molecule has 0 aliphatic carbocycles. The number of para-hydroxylation sites is 1. The molecular formula is C48H66F2N12O4. The van der Waals surface area contributed by atoms with Gasteiger partial charge >= 0.3 is 5.69 Å². The third-order valence-corrected chi connectivity index (χ3v) is 14.6. The van der Waals surface area contributed by atoms with E-state index < -0.39 is 18.4 Å². The number of nitrogens with one attached hydrogen (secondary N) is 3. The number of aliphatic imine (C=N–C) groups is 1. The number of rotatable bonds is 13. The van der Waals surface area contributed by atoms with E-state index in [1.165, 1.54) is 18.5 Å². The number of amidine groups is 1. The number of anilines is 2. The maximum absolute atomic E-state index is 14.6. The van der Waals surface area contributed by atoms with Crippen LogP contribution in [0.4, 0.5) is 20.2 Å². The molecule has 18 heteroatoms. The molecule has 4 fully saturated rings. The SMILES string of the molecule is CN=CC(=CN)c1cc2c(cc1C(F)F)N(C(=N)C1CN(C(C)=O)CCC1NC1CCN(CCCCN3CCN(c4cccc5c4n(C)c(=O)n5C4CCC(=O)NC4=O)CC3)CC1)CCC2. The molecule has 0 spiro atoms. The molecule has 16 nitrogen and oxygen atoms in total. The van der Waals surface area contributed by atoms with E-state index in [1.807, 2.05) is 28.0 Å². The zero-order valence-electron chi connectivity index (χ0n) is 38.6. The van der Waals surface area contributed by atoms with Gasteiger partial charge in [0.05, 0.1) is 16.7 Å². The summed E-state index contributed by atoms with van der Waals surface area (Å²) in [4.78, 5) is 65.7. The number of amides is 3. The van der Waals surface area contributed by atoms with E-state index in [1.54, 1.807) is 36.2 Å². The van der Waals surface area contributed by atoms with Gasteiger partial charge in [-0.1, -0.05) is 6.07 Å². The summed E-state index contributed by atoms with van der Waals surface area (Å²) < 4.78 is 32.3. The molecule has 4 saturated heterocycles. The topological polar surface area (TPSA) is 181 Å². The lowest BCUT2D eigenvalue weighted by Gasteiger charge is -2.45. The molecule has 0 saturated carbocycles. The standard InChI is InChI=1S/C48H66F2N12O4/c1-31(63)60-21-15-38(37(30-60)46(52)61-18-7-8-32-26-35(33(28-51)29-53-2)36(45(49)50)27-42(32)61)54-34-13-19-57(20-14-34)16-4-5-17-58-22-24-59(25-23-58)39-9-6-10-40-44(39)56(3)48(66)62(40)41-11-12-43(64)55-47(41)65/h6,9-10,26-29,34,37-38,41,45,52,54H,4-5,7-8,11-25,30,51H2,1-3H3,(H,55,64,65). The van der Waals surface area contributed by atoms with Crippen LogP contribution in [0.5, 0.6) is 0 Å². The zero-order valence-corrected chi connectivity index (χ0v) is 38.6. The van der Waals surface area contributed by atoms with Crippen LogP contribution in [-0.4, -0.2) is 145 Å². The van der Waals surface area contributed by atoms with Gasteiger partial charge in [-0.15, -0.1) is 0 Å². The number of nitrogens with two attached hydrogens (primary N) is 1. The van der Waals surface area contributed by atoms with Crippen molar-refractivity contribution in [3.8, 4) is 0 Å². The van der Waals surface area contributed by atoms with Crippen molar-refractivity contribution in [3.63, 3.8) is 0 Å². The molecule has 5 aliphatic rings. The van der Waals surface area contributed by atoms with E-state index in [9.17, 15) is 33.4 Å². The first-order valence-electron chi connectivity index (χ1n) is 23.8. The largest absolute Gasteiger partial charge is 0.404 e. The Labute approximate surface area is 385 Å². The number of piperazine rings is 1. The number of alkyl halides is 2. The van der Waals surface area contributed by atoms with Crippen LogP contribution in [0.3, 0.4) is 0 Å². The van der Waals surface area contributed by atoms with Crippen molar-refractivity contribution < 1.29 is 23.2 Å². The second-order valence-electron chi connectivity index (χ2n) is 18.6. The third-order valence-electron chi connectivity index (χ3n) is 14.6. The summed E-state index contributed by atoms with van der Waals surface area (Å²) in [6, 6.07) is 8.74. The van der Waals surface area contributed by atoms with Gasteiger partial charge in [0.1, 0.15) is 11.9 Å². The van der Waals surface area contributed by atoms with Crippen LogP contribution in [0.1, 0.15) is 87.4 Å². The average Bonchev–Trinajstić information content (AvgIpc) is 3.57. The number of benzene rings is 2. The highest BCUT2D eigenvalue weighted by Crippen LogP contribution is 2.38. The Morgan fingerprint density at radius 2 is 1.68 bits per heavy atom. The van der Waals surface area contributed by atoms with E-state index in [2.05, 4.69) is 30.3 Å². The fraction of sp³-hybridized carbons (Fsp3) is 0.583. The van der Waals surface area contributed by atoms with Crippen molar-refractivity contribution in [3.05, 3.63) is 63.7 Å². The maximum atomic E-state index is 14.6. The fourth-order valence-electron chi connectivity index (χ4n) is 11.0. The van der Waals surface area contributed by atoms with E-state index in [0.29, 0.717) is 60.7 Å². The molecule has 66 heavy (non-hydrogen) atoms. The Kier molecular flexibility index (Phi) is 14.7. The number of nitrogens with zero attached hydrogens (tertiary/aromatic N) is 8. The first kappa shape index (κ1) is 47.0. The summed E-state index contributed by atoms with van der Waals surface area (Å²) in [5, 5.41) is 15.9. The molecule has 8 rings (SSSR count). The molecule has 5 aliphatic heterocycles. The van der Waals surface area contributed by atoms with Gasteiger partial charge in [0.15, 0.2) is 0 Å². The van der Waals surface area contributed by atoms with Crippen LogP contribution in [0.2, 0.25) is 0 Å². The van der Waals surface area contributed by atoms with E-state index >= 15 is 0 Å². The maximum Gasteiger partial charge on any atom is 0.329 e. The van der Waals surface area contributed by atoms with E-state index in [4.69, 9.17) is 5.73 Å². The molecule has 356 valence electrons. The number of allylic oxidation sites excluding steroid dienone is 1. The molecule has 3 amide bonds. The highest BCUT2D eigenvalue weighted by atomic mass is 19.3. The lowest BCUT2D eigenvalue weighted by Crippen LogP contribution is -2.59. The van der Waals surface area contributed by atoms with Crippen molar-refractivity contribution in [2.24, 2.45) is 23.7 Å². The minimum atomic E-state index is -2.74. The quantitative estimate of drug-likeness (QED) is 0.0852. The first-order valence-corrected chi connectivity index (χ1v) is 23.8. The number of halogens is 2. The van der Waals surface area contributed by atoms with Crippen molar-refractivity contribution in [1.29, 1.82) is 5.41 Å². The summed E-state index contributed by atoms with van der Waals surface area (Å²) in [7, 11) is 3.33. The number of carbonyl (C=O) groups excluding carboxylic acids is 3. The molecule has 0 bridgehead atoms. The summed E-state index contributed by atoms with van der Waals surface area (Å²) >= 11 is 0. The number of imide groups is 1. The number of hydrogen-bond donors (Lipinski definition) is 4. The lowest BCUT2D eigenvalue weighted by molar-refractivity contribution is -0.136. The lowest BCUT2D eigenvalue weighted by atomic mass is 9.86. The smallest absolute Gasteiger partial charge is 0.329 e. The molecule has 1 aromatic heterocycles. The minimum absolute atomic E-state index is 0.0179. The number of unbranched alkanes of at least 4 members (excludes halogenated alkanes) is 1. The highest BCUT2D eigenvalue weighted by Gasteiger charge is 2.39. The van der Waals surface area contributed by atoms with Gasteiger partial charge in [0.2, 0.25) is 17.7 Å². The Morgan fingerprint density at radius 1 is 0.955 bits per heavy atom. The predicted octanol–water partition coefficient (Wildman–Crippen LogP) is 3.88. The number of hydrogen-bond acceptors (Lipinski definition) is 11. The number of imidazole rings is 1. The third kappa shape index (κ3) is 9.81. The van der Waals surface area contributed by atoms with Crippen molar-refractivity contribution in [1.82, 2.24) is 34.5 Å². The fourth-order valence-corrected chi connectivity index (χ4v) is 11.0. The number of likely N-dealkylation sites (tertiary alicyclic amines) is 2. The number of aryl methyl sites for hydroxylation is 2. The zero-order chi connectivity index (χ0) is 46.6. The number of carbonyl (C=O) groups is 3. The normalized spacial score (nSPS) is 23.0. The molecule has 3 atom stereocenters. The van der Waals surface area contributed by atoms with Crippen LogP contribution in [0.25, 0.3) is 16.6 Å². The molecule has 6 heterocycles. The van der Waals surface area contributed by atoms with Gasteiger partial charge in [0.25, 0.3) is 6.43 Å². The Hall–Kier alpha value is -5.46. The van der Waals surface area contributed by atoms with Crippen LogP contribution in [0.15, 0.2) is 46.3 Å². The summed E-state index contributed by atoms with van der Waals surface area (Å²) in [5.74, 6) is -0.681. The summed E-state index contributed by atoms with van der Waals surface area (Å²) in [6.07, 6.45) is 6.97. The van der Waals surface area contributed by atoms with E-state index in [0.717, 1.165) is 108 Å². The van der Waals surface area contributed by atoms with Gasteiger partial charge in [-0.3, -0.25) is 44.1 Å². The summed E-state index contributed by atoms with van der Waals surface area (Å²) in [6.45, 7) is 10.7. The molecule has 5 N–H and O–H groups in total. The van der Waals surface area contributed by atoms with Gasteiger partial charge in [-0.2, -0.15) is 0 Å². The van der Waals surface area contributed by atoms with Gasteiger partial charge < -0.3 is 30.7 Å². The summed E-state index contributed by atoms with van der Waals surface area (Å²) in [5.41, 5.74) is 10.3. The minimum Gasteiger partial charge on any atom is -0.404 e. The second-order valence-corrected chi connectivity index (χ2v) is 18.6. The molecule has 3 aromatic rings. The number of piperidine rings is 3.